The molecule has 0 radical (unpaired) electrons. The fourth-order valence-corrected chi connectivity index (χ4v) is 1.49. The lowest BCUT2D eigenvalue weighted by Gasteiger charge is -2.14. The molecule has 0 bridgehead atoms. The molecule has 2 N–H and O–H groups in total. The van der Waals surface area contributed by atoms with Crippen molar-refractivity contribution in [3.8, 4) is 17.6 Å². The molecule has 0 saturated carbocycles. The molecule has 1 aromatic carbocycles. The highest BCUT2D eigenvalue weighted by molar-refractivity contribution is 5.50. The summed E-state index contributed by atoms with van der Waals surface area (Å²) in [5, 5.41) is 8.58. The van der Waals surface area contributed by atoms with Crippen LogP contribution < -0.4 is 10.5 Å². The number of benzene rings is 1. The monoisotopic (exact) mass is 279 g/mol. The summed E-state index contributed by atoms with van der Waals surface area (Å²) in [5.74, 6) is -0.280. The Labute approximate surface area is 112 Å². The van der Waals surface area contributed by atoms with Crippen LogP contribution in [0, 0.1) is 11.3 Å². The van der Waals surface area contributed by atoms with Gasteiger partial charge in [0.1, 0.15) is 28.8 Å². The Hall–Kier alpha value is -2.75. The van der Waals surface area contributed by atoms with Crippen molar-refractivity contribution in [3.05, 3.63) is 47.8 Å². The summed E-state index contributed by atoms with van der Waals surface area (Å²) in [6, 6.07) is 7.75. The molecule has 0 atom stereocenters. The molecule has 0 aliphatic heterocycles. The molecule has 0 unspecified atom stereocenters. The highest BCUT2D eigenvalue weighted by Gasteiger charge is 2.34. The SMILES string of the molecule is N#Cc1ccc(Oc2ccc(N)cc2C(F)(F)F)cn1. The fraction of sp³-hybridized carbons (Fsp3) is 0.0769. The second-order valence-corrected chi connectivity index (χ2v) is 3.85. The first-order valence-corrected chi connectivity index (χ1v) is 5.41. The zero-order chi connectivity index (χ0) is 14.8. The summed E-state index contributed by atoms with van der Waals surface area (Å²) in [7, 11) is 0. The zero-order valence-electron chi connectivity index (χ0n) is 9.98. The molecule has 1 heterocycles. The van der Waals surface area contributed by atoms with Gasteiger partial charge in [0.25, 0.3) is 0 Å². The molecule has 7 heteroatoms. The number of nitriles is 1. The lowest BCUT2D eigenvalue weighted by molar-refractivity contribution is -0.138. The van der Waals surface area contributed by atoms with E-state index in [0.29, 0.717) is 0 Å². The molecule has 102 valence electrons. The van der Waals surface area contributed by atoms with Gasteiger partial charge in [-0.2, -0.15) is 18.4 Å². The van der Waals surface area contributed by atoms with E-state index >= 15 is 0 Å². The Morgan fingerprint density at radius 3 is 2.50 bits per heavy atom. The van der Waals surface area contributed by atoms with Gasteiger partial charge < -0.3 is 10.5 Å². The minimum Gasteiger partial charge on any atom is -0.455 e. The molecule has 4 nitrogen and oxygen atoms in total. The number of nitrogen functional groups attached to an aromatic ring is 1. The molecule has 0 aliphatic rings. The van der Waals surface area contributed by atoms with Gasteiger partial charge in [0, 0.05) is 5.69 Å². The van der Waals surface area contributed by atoms with E-state index in [0.717, 1.165) is 12.1 Å². The fourth-order valence-electron chi connectivity index (χ4n) is 1.49. The maximum absolute atomic E-state index is 12.9. The molecule has 0 amide bonds. The number of hydrogen-bond acceptors (Lipinski definition) is 4. The first kappa shape index (κ1) is 13.7. The lowest BCUT2D eigenvalue weighted by Crippen LogP contribution is -2.08. The van der Waals surface area contributed by atoms with Gasteiger partial charge in [-0.15, -0.1) is 0 Å². The Kier molecular flexibility index (Phi) is 3.48. The van der Waals surface area contributed by atoms with E-state index in [1.807, 2.05) is 0 Å². The molecular formula is C13H8F3N3O. The Balaban J connectivity index is 2.35. The van der Waals surface area contributed by atoms with Crippen LogP contribution in [-0.4, -0.2) is 4.98 Å². The van der Waals surface area contributed by atoms with Crippen molar-refractivity contribution in [2.24, 2.45) is 0 Å². The number of hydrogen-bond donors (Lipinski definition) is 1. The van der Waals surface area contributed by atoms with E-state index in [4.69, 9.17) is 15.7 Å². The van der Waals surface area contributed by atoms with E-state index in [1.165, 1.54) is 24.4 Å². The van der Waals surface area contributed by atoms with Crippen LogP contribution >= 0.6 is 0 Å². The van der Waals surface area contributed by atoms with Crippen molar-refractivity contribution in [1.29, 1.82) is 5.26 Å². The van der Waals surface area contributed by atoms with E-state index in [2.05, 4.69) is 4.98 Å². The maximum atomic E-state index is 12.9. The maximum Gasteiger partial charge on any atom is 0.420 e. The van der Waals surface area contributed by atoms with Crippen molar-refractivity contribution in [1.82, 2.24) is 4.98 Å². The largest absolute Gasteiger partial charge is 0.455 e. The van der Waals surface area contributed by atoms with Crippen molar-refractivity contribution in [2.75, 3.05) is 5.73 Å². The third-order valence-corrected chi connectivity index (χ3v) is 2.39. The second-order valence-electron chi connectivity index (χ2n) is 3.85. The van der Waals surface area contributed by atoms with Gasteiger partial charge in [-0.05, 0) is 30.3 Å². The summed E-state index contributed by atoms with van der Waals surface area (Å²) < 4.78 is 43.7. The molecular weight excluding hydrogens is 271 g/mol. The van der Waals surface area contributed by atoms with Crippen LogP contribution in [0.2, 0.25) is 0 Å². The number of aromatic nitrogens is 1. The third kappa shape index (κ3) is 2.98. The van der Waals surface area contributed by atoms with Gasteiger partial charge in [-0.25, -0.2) is 4.98 Å². The average molecular weight is 279 g/mol. The summed E-state index contributed by atoms with van der Waals surface area (Å²) >= 11 is 0. The topological polar surface area (TPSA) is 71.9 Å². The predicted molar refractivity (Wildman–Crippen MR) is 64.9 cm³/mol. The van der Waals surface area contributed by atoms with E-state index < -0.39 is 11.7 Å². The molecule has 0 fully saturated rings. The zero-order valence-corrected chi connectivity index (χ0v) is 9.98. The van der Waals surface area contributed by atoms with Crippen LogP contribution in [0.5, 0.6) is 11.5 Å². The van der Waals surface area contributed by atoms with Crippen LogP contribution in [0.25, 0.3) is 0 Å². The quantitative estimate of drug-likeness (QED) is 0.856. The normalized spacial score (nSPS) is 10.9. The van der Waals surface area contributed by atoms with Gasteiger partial charge in [0.05, 0.1) is 6.20 Å². The summed E-state index contributed by atoms with van der Waals surface area (Å²) in [5.41, 5.74) is 4.51. The smallest absolute Gasteiger partial charge is 0.420 e. The number of alkyl halides is 3. The van der Waals surface area contributed by atoms with Gasteiger partial charge in [0.2, 0.25) is 0 Å². The van der Waals surface area contributed by atoms with Crippen molar-refractivity contribution >= 4 is 5.69 Å². The molecule has 0 spiro atoms. The number of nitrogens with zero attached hydrogens (tertiary/aromatic N) is 2. The third-order valence-electron chi connectivity index (χ3n) is 2.39. The summed E-state index contributed by atoms with van der Waals surface area (Å²) in [6.45, 7) is 0. The Bertz CT molecular complexity index is 660. The number of nitrogens with two attached hydrogens (primary N) is 1. The molecule has 0 saturated heterocycles. The van der Waals surface area contributed by atoms with Crippen LogP contribution in [0.3, 0.4) is 0 Å². The molecule has 2 aromatic rings. The van der Waals surface area contributed by atoms with Crippen LogP contribution in [0.4, 0.5) is 18.9 Å². The second kappa shape index (κ2) is 5.09. The van der Waals surface area contributed by atoms with Crippen molar-refractivity contribution in [3.63, 3.8) is 0 Å². The van der Waals surface area contributed by atoms with Crippen molar-refractivity contribution in [2.45, 2.75) is 6.18 Å². The molecule has 20 heavy (non-hydrogen) atoms. The average Bonchev–Trinajstić information content (AvgIpc) is 2.40. The van der Waals surface area contributed by atoms with Gasteiger partial charge in [0.15, 0.2) is 0 Å². The van der Waals surface area contributed by atoms with Gasteiger partial charge in [-0.1, -0.05) is 0 Å². The van der Waals surface area contributed by atoms with Gasteiger partial charge in [-0.3, -0.25) is 0 Å². The van der Waals surface area contributed by atoms with E-state index in [1.54, 1.807) is 6.07 Å². The van der Waals surface area contributed by atoms with Crippen LogP contribution in [0.1, 0.15) is 11.3 Å². The number of rotatable bonds is 2. The van der Waals surface area contributed by atoms with E-state index in [-0.39, 0.29) is 22.9 Å². The van der Waals surface area contributed by atoms with Crippen LogP contribution in [-0.2, 0) is 6.18 Å². The van der Waals surface area contributed by atoms with Gasteiger partial charge >= 0.3 is 6.18 Å². The van der Waals surface area contributed by atoms with E-state index in [9.17, 15) is 13.2 Å². The lowest BCUT2D eigenvalue weighted by atomic mass is 10.1. The molecule has 1 aromatic heterocycles. The molecule has 2 rings (SSSR count). The predicted octanol–water partition coefficient (Wildman–Crippen LogP) is 3.35. The number of ether oxygens (including phenoxy) is 1. The first-order chi connectivity index (χ1) is 9.40. The minimum absolute atomic E-state index is 0.0115. The number of pyridine rings is 1. The number of halogens is 3. The Morgan fingerprint density at radius 1 is 1.20 bits per heavy atom. The summed E-state index contributed by atoms with van der Waals surface area (Å²) in [4.78, 5) is 3.71. The highest BCUT2D eigenvalue weighted by Crippen LogP contribution is 2.39. The summed E-state index contributed by atoms with van der Waals surface area (Å²) in [6.07, 6.45) is -3.40. The highest BCUT2D eigenvalue weighted by atomic mass is 19.4. The minimum atomic E-state index is -4.58. The van der Waals surface area contributed by atoms with Crippen LogP contribution in [0.15, 0.2) is 36.5 Å². The number of anilines is 1. The van der Waals surface area contributed by atoms with Crippen molar-refractivity contribution < 1.29 is 17.9 Å². The Morgan fingerprint density at radius 2 is 1.95 bits per heavy atom. The standard InChI is InChI=1S/C13H8F3N3O/c14-13(15,16)11-5-8(18)1-4-12(11)20-10-3-2-9(6-17)19-7-10/h1-5,7H,18H2. The first-order valence-electron chi connectivity index (χ1n) is 5.41. The molecule has 0 aliphatic carbocycles.